The number of amides is 1. The average Bonchev–Trinajstić information content (AvgIpc) is 3.44. The van der Waals surface area contributed by atoms with Crippen molar-refractivity contribution in [3.8, 4) is 11.5 Å². The van der Waals surface area contributed by atoms with Crippen molar-refractivity contribution in [2.45, 2.75) is 12.5 Å². The SMILES string of the molecule is COc1ccc(C(=O)NCC(c2ccco2)N2CCc3ccccc32)c(OC)c1. The Balaban J connectivity index is 1.55. The zero-order valence-electron chi connectivity index (χ0n) is 16.6. The van der Waals surface area contributed by atoms with Crippen LogP contribution in [0.25, 0.3) is 0 Å². The van der Waals surface area contributed by atoms with Gasteiger partial charge in [0.05, 0.1) is 26.0 Å². The van der Waals surface area contributed by atoms with E-state index in [1.54, 1.807) is 38.7 Å². The van der Waals surface area contributed by atoms with Crippen LogP contribution in [0.3, 0.4) is 0 Å². The largest absolute Gasteiger partial charge is 0.497 e. The minimum Gasteiger partial charge on any atom is -0.497 e. The molecule has 1 aliphatic heterocycles. The van der Waals surface area contributed by atoms with Crippen LogP contribution in [0.1, 0.15) is 27.7 Å². The van der Waals surface area contributed by atoms with Crippen molar-refractivity contribution in [3.05, 3.63) is 77.7 Å². The van der Waals surface area contributed by atoms with Crippen molar-refractivity contribution in [3.63, 3.8) is 0 Å². The molecule has 150 valence electrons. The maximum absolute atomic E-state index is 12.9. The first-order valence-corrected chi connectivity index (χ1v) is 9.59. The van der Waals surface area contributed by atoms with Crippen LogP contribution in [0.2, 0.25) is 0 Å². The average molecular weight is 392 g/mol. The number of hydrogen-bond acceptors (Lipinski definition) is 5. The summed E-state index contributed by atoms with van der Waals surface area (Å²) in [4.78, 5) is 15.2. The van der Waals surface area contributed by atoms with E-state index in [2.05, 4.69) is 28.4 Å². The van der Waals surface area contributed by atoms with Gasteiger partial charge in [-0.2, -0.15) is 0 Å². The first-order chi connectivity index (χ1) is 14.2. The zero-order chi connectivity index (χ0) is 20.2. The molecule has 3 aromatic rings. The van der Waals surface area contributed by atoms with Crippen LogP contribution < -0.4 is 19.7 Å². The molecule has 1 unspecified atom stereocenters. The van der Waals surface area contributed by atoms with Gasteiger partial charge in [0.15, 0.2) is 0 Å². The van der Waals surface area contributed by atoms with E-state index < -0.39 is 0 Å². The number of furan rings is 1. The van der Waals surface area contributed by atoms with Gasteiger partial charge < -0.3 is 24.1 Å². The first kappa shape index (κ1) is 18.9. The standard InChI is InChI=1S/C23H24N2O4/c1-27-17-9-10-18(22(14-17)28-2)23(26)24-15-20(21-8-5-13-29-21)25-12-11-16-6-3-4-7-19(16)25/h3-10,13-14,20H,11-12,15H2,1-2H3,(H,24,26). The van der Waals surface area contributed by atoms with Crippen molar-refractivity contribution < 1.29 is 18.7 Å². The molecule has 29 heavy (non-hydrogen) atoms. The van der Waals surface area contributed by atoms with Gasteiger partial charge in [-0.15, -0.1) is 0 Å². The molecule has 2 aromatic carbocycles. The molecule has 2 heterocycles. The highest BCUT2D eigenvalue weighted by atomic mass is 16.5. The number of anilines is 1. The number of carbonyl (C=O) groups is 1. The molecule has 1 N–H and O–H groups in total. The summed E-state index contributed by atoms with van der Waals surface area (Å²) in [5.41, 5.74) is 2.96. The van der Waals surface area contributed by atoms with Gasteiger partial charge in [-0.3, -0.25) is 4.79 Å². The normalized spacial score (nSPS) is 13.7. The number of carbonyl (C=O) groups excluding carboxylic acids is 1. The summed E-state index contributed by atoms with van der Waals surface area (Å²) in [6.07, 6.45) is 2.65. The van der Waals surface area contributed by atoms with E-state index in [9.17, 15) is 4.79 Å². The molecule has 0 aliphatic carbocycles. The third-order valence-corrected chi connectivity index (χ3v) is 5.28. The van der Waals surface area contributed by atoms with Crippen LogP contribution in [-0.2, 0) is 6.42 Å². The molecule has 6 heteroatoms. The molecule has 0 saturated heterocycles. The van der Waals surface area contributed by atoms with E-state index in [1.165, 1.54) is 11.3 Å². The number of hydrogen-bond donors (Lipinski definition) is 1. The topological polar surface area (TPSA) is 63.9 Å². The van der Waals surface area contributed by atoms with Gasteiger partial charge in [-0.1, -0.05) is 18.2 Å². The predicted molar refractivity (Wildman–Crippen MR) is 111 cm³/mol. The van der Waals surface area contributed by atoms with Gasteiger partial charge in [0.25, 0.3) is 5.91 Å². The quantitative estimate of drug-likeness (QED) is 0.662. The Labute approximate surface area is 170 Å². The number of ether oxygens (including phenoxy) is 2. The molecule has 0 radical (unpaired) electrons. The number of nitrogens with zero attached hydrogens (tertiary/aromatic N) is 1. The van der Waals surface area contributed by atoms with Crippen LogP contribution in [0.5, 0.6) is 11.5 Å². The van der Waals surface area contributed by atoms with Crippen LogP contribution in [0.15, 0.2) is 65.3 Å². The number of rotatable bonds is 7. The number of nitrogens with one attached hydrogen (secondary N) is 1. The van der Waals surface area contributed by atoms with E-state index in [0.717, 1.165) is 18.7 Å². The Morgan fingerprint density at radius 1 is 1.14 bits per heavy atom. The summed E-state index contributed by atoms with van der Waals surface area (Å²) >= 11 is 0. The van der Waals surface area contributed by atoms with E-state index >= 15 is 0 Å². The molecule has 1 amide bonds. The van der Waals surface area contributed by atoms with E-state index in [4.69, 9.17) is 13.9 Å². The fourth-order valence-corrected chi connectivity index (χ4v) is 3.80. The molecule has 0 saturated carbocycles. The van der Waals surface area contributed by atoms with Crippen LogP contribution in [0.4, 0.5) is 5.69 Å². The Hall–Kier alpha value is -3.41. The van der Waals surface area contributed by atoms with Crippen LogP contribution >= 0.6 is 0 Å². The highest BCUT2D eigenvalue weighted by molar-refractivity contribution is 5.97. The molecule has 0 fully saturated rings. The summed E-state index contributed by atoms with van der Waals surface area (Å²) in [5, 5.41) is 3.05. The fraction of sp³-hybridized carbons (Fsp3) is 0.261. The maximum Gasteiger partial charge on any atom is 0.255 e. The lowest BCUT2D eigenvalue weighted by molar-refractivity contribution is 0.0947. The second-order valence-electron chi connectivity index (χ2n) is 6.88. The molecule has 1 aliphatic rings. The van der Waals surface area contributed by atoms with Gasteiger partial charge in [-0.05, 0) is 42.3 Å². The van der Waals surface area contributed by atoms with Gasteiger partial charge >= 0.3 is 0 Å². The highest BCUT2D eigenvalue weighted by Gasteiger charge is 2.29. The van der Waals surface area contributed by atoms with Crippen molar-refractivity contribution >= 4 is 11.6 Å². The van der Waals surface area contributed by atoms with Crippen molar-refractivity contribution in [2.75, 3.05) is 32.2 Å². The maximum atomic E-state index is 12.9. The highest BCUT2D eigenvalue weighted by Crippen LogP contribution is 2.35. The van der Waals surface area contributed by atoms with Crippen LogP contribution in [0, 0.1) is 0 Å². The van der Waals surface area contributed by atoms with E-state index in [-0.39, 0.29) is 11.9 Å². The van der Waals surface area contributed by atoms with Gasteiger partial charge in [-0.25, -0.2) is 0 Å². The minimum atomic E-state index is -0.200. The Morgan fingerprint density at radius 3 is 2.76 bits per heavy atom. The summed E-state index contributed by atoms with van der Waals surface area (Å²) in [7, 11) is 3.12. The lowest BCUT2D eigenvalue weighted by Gasteiger charge is -2.29. The fourth-order valence-electron chi connectivity index (χ4n) is 3.80. The number of benzene rings is 2. The summed E-state index contributed by atoms with van der Waals surface area (Å²) in [6.45, 7) is 1.29. The number of methoxy groups -OCH3 is 2. The third kappa shape index (κ3) is 3.78. The molecule has 0 bridgehead atoms. The van der Waals surface area contributed by atoms with Crippen LogP contribution in [-0.4, -0.2) is 33.2 Å². The zero-order valence-corrected chi connectivity index (χ0v) is 16.6. The second kappa shape index (κ2) is 8.31. The Kier molecular flexibility index (Phi) is 5.42. The lowest BCUT2D eigenvalue weighted by Crippen LogP contribution is -2.37. The van der Waals surface area contributed by atoms with Gasteiger partial charge in [0.2, 0.25) is 0 Å². The predicted octanol–water partition coefficient (Wildman–Crippen LogP) is 3.83. The molecule has 6 nitrogen and oxygen atoms in total. The molecule has 4 rings (SSSR count). The molecule has 1 atom stereocenters. The smallest absolute Gasteiger partial charge is 0.255 e. The second-order valence-corrected chi connectivity index (χ2v) is 6.88. The molecule has 0 spiro atoms. The third-order valence-electron chi connectivity index (χ3n) is 5.28. The minimum absolute atomic E-state index is 0.0955. The molecular formula is C23H24N2O4. The van der Waals surface area contributed by atoms with E-state index in [1.807, 2.05) is 18.2 Å². The van der Waals surface area contributed by atoms with E-state index in [0.29, 0.717) is 23.6 Å². The Morgan fingerprint density at radius 2 is 2.00 bits per heavy atom. The molecular weight excluding hydrogens is 368 g/mol. The van der Waals surface area contributed by atoms with Crippen molar-refractivity contribution in [1.29, 1.82) is 0 Å². The van der Waals surface area contributed by atoms with Gasteiger partial charge in [0.1, 0.15) is 23.3 Å². The molecule has 1 aromatic heterocycles. The van der Waals surface area contributed by atoms with Gasteiger partial charge in [0, 0.05) is 24.8 Å². The number of fused-ring (bicyclic) bond motifs is 1. The number of para-hydroxylation sites is 1. The van der Waals surface area contributed by atoms with Crippen molar-refractivity contribution in [1.82, 2.24) is 5.32 Å². The summed E-state index contributed by atoms with van der Waals surface area (Å²) < 4.78 is 16.3. The summed E-state index contributed by atoms with van der Waals surface area (Å²) in [6, 6.07) is 17.3. The Bertz CT molecular complexity index is 984. The van der Waals surface area contributed by atoms with Crippen molar-refractivity contribution in [2.24, 2.45) is 0 Å². The monoisotopic (exact) mass is 392 g/mol. The first-order valence-electron chi connectivity index (χ1n) is 9.59. The summed E-state index contributed by atoms with van der Waals surface area (Å²) in [5.74, 6) is 1.74. The lowest BCUT2D eigenvalue weighted by atomic mass is 10.1.